The Morgan fingerprint density at radius 2 is 0.765 bits per heavy atom. The van der Waals surface area contributed by atoms with E-state index in [2.05, 4.69) is 0 Å². The number of benzene rings is 2. The van der Waals surface area contributed by atoms with Crippen LogP contribution < -0.4 is 18.9 Å². The molecular weight excluding hydrogens is 668 g/mol. The summed E-state index contributed by atoms with van der Waals surface area (Å²) in [5, 5.41) is 0. The fourth-order valence-electron chi connectivity index (χ4n) is 4.99. The highest BCUT2D eigenvalue weighted by Crippen LogP contribution is 2.33. The van der Waals surface area contributed by atoms with Crippen LogP contribution >= 0.6 is 0 Å². The SMILES string of the molecule is O=C(CCCCCC(=O)OCc1cccc2c1OCCOCCOCCOCCO2)OCc1cccc2c1OCCOCCOCCOCCO2. The zero-order valence-electron chi connectivity index (χ0n) is 29.4. The van der Waals surface area contributed by atoms with E-state index < -0.39 is 0 Å². The Hall–Kier alpha value is -3.66. The lowest BCUT2D eigenvalue weighted by Gasteiger charge is -2.17. The summed E-state index contributed by atoms with van der Waals surface area (Å²) in [7, 11) is 0. The van der Waals surface area contributed by atoms with Crippen molar-refractivity contribution in [1.82, 2.24) is 0 Å². The van der Waals surface area contributed by atoms with E-state index >= 15 is 0 Å². The molecule has 0 aliphatic carbocycles. The molecular formula is C37H52O14. The Morgan fingerprint density at radius 1 is 0.431 bits per heavy atom. The first-order valence-corrected chi connectivity index (χ1v) is 17.7. The predicted molar refractivity (Wildman–Crippen MR) is 182 cm³/mol. The lowest BCUT2D eigenvalue weighted by Crippen LogP contribution is -2.13. The number of carbonyl (C=O) groups excluding carboxylic acids is 2. The van der Waals surface area contributed by atoms with Crippen molar-refractivity contribution in [1.29, 1.82) is 0 Å². The van der Waals surface area contributed by atoms with E-state index in [-0.39, 0.29) is 38.0 Å². The van der Waals surface area contributed by atoms with Crippen LogP contribution in [-0.2, 0) is 60.7 Å². The number of fused-ring (bicyclic) bond motifs is 2. The molecule has 0 atom stereocenters. The van der Waals surface area contributed by atoms with Crippen LogP contribution in [0.15, 0.2) is 36.4 Å². The van der Waals surface area contributed by atoms with E-state index in [4.69, 9.17) is 56.8 Å². The summed E-state index contributed by atoms with van der Waals surface area (Å²) in [5.74, 6) is 1.44. The third kappa shape index (κ3) is 16.5. The molecule has 0 amide bonds. The average Bonchev–Trinajstić information content (AvgIpc) is 3.15. The molecule has 0 radical (unpaired) electrons. The van der Waals surface area contributed by atoms with Crippen molar-refractivity contribution in [2.24, 2.45) is 0 Å². The van der Waals surface area contributed by atoms with Crippen LogP contribution in [0.1, 0.15) is 43.2 Å². The summed E-state index contributed by atoms with van der Waals surface area (Å²) in [6.45, 7) is 6.72. The first kappa shape index (κ1) is 40.1. The van der Waals surface area contributed by atoms with Crippen molar-refractivity contribution in [3.63, 3.8) is 0 Å². The number of hydrogen-bond donors (Lipinski definition) is 0. The summed E-state index contributed by atoms with van der Waals surface area (Å²) in [6.07, 6.45) is 2.28. The largest absolute Gasteiger partial charge is 0.487 e. The van der Waals surface area contributed by atoms with Gasteiger partial charge in [-0.25, -0.2) is 0 Å². The molecule has 0 spiro atoms. The fraction of sp³-hybridized carbons (Fsp3) is 0.622. The molecule has 4 rings (SSSR count). The molecule has 14 nitrogen and oxygen atoms in total. The van der Waals surface area contributed by atoms with Gasteiger partial charge < -0.3 is 56.8 Å². The second-order valence-corrected chi connectivity index (χ2v) is 11.4. The lowest BCUT2D eigenvalue weighted by molar-refractivity contribution is -0.145. The van der Waals surface area contributed by atoms with Gasteiger partial charge in [-0.15, -0.1) is 0 Å². The van der Waals surface area contributed by atoms with Gasteiger partial charge in [0.15, 0.2) is 23.0 Å². The van der Waals surface area contributed by atoms with E-state index in [1.54, 1.807) is 12.1 Å². The Morgan fingerprint density at radius 3 is 1.14 bits per heavy atom. The van der Waals surface area contributed by atoms with Crippen LogP contribution in [0, 0.1) is 0 Å². The van der Waals surface area contributed by atoms with Crippen LogP contribution in [0.5, 0.6) is 23.0 Å². The molecule has 2 aliphatic rings. The third-order valence-electron chi connectivity index (χ3n) is 7.57. The van der Waals surface area contributed by atoms with Crippen LogP contribution in [0.2, 0.25) is 0 Å². The number of hydrogen-bond acceptors (Lipinski definition) is 14. The number of rotatable bonds is 10. The Bertz CT molecular complexity index is 1180. The molecule has 0 bridgehead atoms. The molecule has 51 heavy (non-hydrogen) atoms. The minimum Gasteiger partial charge on any atom is -0.487 e. The number of carbonyl (C=O) groups is 2. The third-order valence-corrected chi connectivity index (χ3v) is 7.57. The molecule has 14 heteroatoms. The number of ether oxygens (including phenoxy) is 12. The molecule has 284 valence electrons. The van der Waals surface area contributed by atoms with Crippen molar-refractivity contribution >= 4 is 11.9 Å². The van der Waals surface area contributed by atoms with Crippen LogP contribution in [0.4, 0.5) is 0 Å². The molecule has 2 heterocycles. The molecule has 0 aromatic heterocycles. The standard InChI is InChI=1S/C37H52O14/c38-34(50-28-30-6-4-8-32-36(30)48-26-22-44-18-14-40-12-16-42-20-24-46-32)10-2-1-3-11-35(39)51-29-31-7-5-9-33-37(31)49-27-23-45-19-15-41-13-17-43-21-25-47-33/h4-9H,1-3,10-29H2. The van der Waals surface area contributed by atoms with E-state index in [0.717, 1.165) is 0 Å². The van der Waals surface area contributed by atoms with Crippen molar-refractivity contribution in [2.45, 2.75) is 45.3 Å². The first-order chi connectivity index (χ1) is 25.2. The summed E-state index contributed by atoms with van der Waals surface area (Å²) >= 11 is 0. The summed E-state index contributed by atoms with van der Waals surface area (Å²) in [6, 6.07) is 10.9. The van der Waals surface area contributed by atoms with Gasteiger partial charge in [-0.05, 0) is 25.0 Å². The monoisotopic (exact) mass is 720 g/mol. The molecule has 0 fully saturated rings. The molecule has 2 aliphatic heterocycles. The molecule has 2 aromatic rings. The van der Waals surface area contributed by atoms with Gasteiger partial charge in [0.1, 0.15) is 39.6 Å². The highest BCUT2D eigenvalue weighted by molar-refractivity contribution is 5.70. The van der Waals surface area contributed by atoms with E-state index in [1.807, 2.05) is 24.3 Å². The summed E-state index contributed by atoms with van der Waals surface area (Å²) in [5.41, 5.74) is 1.38. The maximum Gasteiger partial charge on any atom is 0.306 e. The molecule has 2 aromatic carbocycles. The molecule has 0 N–H and O–H groups in total. The van der Waals surface area contributed by atoms with E-state index in [9.17, 15) is 9.59 Å². The Balaban J connectivity index is 1.16. The van der Waals surface area contributed by atoms with Crippen molar-refractivity contribution < 1.29 is 66.4 Å². The maximum absolute atomic E-state index is 12.6. The average molecular weight is 721 g/mol. The summed E-state index contributed by atoms with van der Waals surface area (Å²) in [4.78, 5) is 25.1. The number of esters is 2. The van der Waals surface area contributed by atoms with E-state index in [0.29, 0.717) is 159 Å². The minimum absolute atomic E-state index is 0.0383. The van der Waals surface area contributed by atoms with Gasteiger partial charge in [0, 0.05) is 24.0 Å². The normalized spacial score (nSPS) is 17.4. The van der Waals surface area contributed by atoms with E-state index in [1.165, 1.54) is 0 Å². The Labute approximate surface area is 299 Å². The number of para-hydroxylation sites is 2. The fourth-order valence-corrected chi connectivity index (χ4v) is 4.99. The van der Waals surface area contributed by atoms with Crippen LogP contribution in [-0.4, -0.2) is 118 Å². The Kier molecular flexibility index (Phi) is 19.9. The van der Waals surface area contributed by atoms with Crippen molar-refractivity contribution in [2.75, 3.05) is 106 Å². The molecule has 0 unspecified atom stereocenters. The zero-order valence-corrected chi connectivity index (χ0v) is 29.4. The van der Waals surface area contributed by atoms with Gasteiger partial charge in [-0.1, -0.05) is 30.7 Å². The zero-order chi connectivity index (χ0) is 35.6. The minimum atomic E-state index is -0.336. The second kappa shape index (κ2) is 25.3. The summed E-state index contributed by atoms with van der Waals surface area (Å²) < 4.78 is 68.0. The van der Waals surface area contributed by atoms with Gasteiger partial charge in [-0.3, -0.25) is 9.59 Å². The van der Waals surface area contributed by atoms with Crippen molar-refractivity contribution in [3.05, 3.63) is 47.5 Å². The quantitative estimate of drug-likeness (QED) is 0.257. The van der Waals surface area contributed by atoms with Gasteiger partial charge >= 0.3 is 11.9 Å². The predicted octanol–water partition coefficient (Wildman–Crippen LogP) is 4.07. The van der Waals surface area contributed by atoms with Crippen molar-refractivity contribution in [3.8, 4) is 23.0 Å². The van der Waals surface area contributed by atoms with Crippen LogP contribution in [0.25, 0.3) is 0 Å². The number of unbranched alkanes of at least 4 members (excludes halogenated alkanes) is 2. The topological polar surface area (TPSA) is 145 Å². The highest BCUT2D eigenvalue weighted by atomic mass is 16.6. The molecule has 0 saturated heterocycles. The lowest BCUT2D eigenvalue weighted by atomic mass is 10.1. The smallest absolute Gasteiger partial charge is 0.306 e. The second-order valence-electron chi connectivity index (χ2n) is 11.4. The first-order valence-electron chi connectivity index (χ1n) is 17.7. The maximum atomic E-state index is 12.6. The van der Waals surface area contributed by atoms with Gasteiger partial charge in [0.05, 0.1) is 79.3 Å². The highest BCUT2D eigenvalue weighted by Gasteiger charge is 2.16. The van der Waals surface area contributed by atoms with Gasteiger partial charge in [0.25, 0.3) is 0 Å². The van der Waals surface area contributed by atoms with Gasteiger partial charge in [-0.2, -0.15) is 0 Å². The van der Waals surface area contributed by atoms with Gasteiger partial charge in [0.2, 0.25) is 0 Å². The van der Waals surface area contributed by atoms with Crippen LogP contribution in [0.3, 0.4) is 0 Å². The molecule has 0 saturated carbocycles.